The highest BCUT2D eigenvalue weighted by Gasteiger charge is 2.44. The summed E-state index contributed by atoms with van der Waals surface area (Å²) in [5, 5.41) is 19.8. The summed E-state index contributed by atoms with van der Waals surface area (Å²) in [6.07, 6.45) is 4.82. The fraction of sp³-hybridized carbons (Fsp3) is 0.579. The third-order valence-corrected chi connectivity index (χ3v) is 5.62. The van der Waals surface area contributed by atoms with Gasteiger partial charge in [0.25, 0.3) is 0 Å². The fourth-order valence-electron chi connectivity index (χ4n) is 4.14. The summed E-state index contributed by atoms with van der Waals surface area (Å²) >= 11 is 0. The Hall–Kier alpha value is -1.76. The summed E-state index contributed by atoms with van der Waals surface area (Å²) in [4.78, 5) is 4.12. The van der Waals surface area contributed by atoms with Gasteiger partial charge in [0.2, 0.25) is 0 Å². The van der Waals surface area contributed by atoms with Crippen LogP contribution in [0.4, 0.5) is 0 Å². The molecule has 3 heterocycles. The molecule has 1 aromatic carbocycles. The van der Waals surface area contributed by atoms with Crippen LogP contribution in [0.25, 0.3) is 5.69 Å². The molecule has 0 bridgehead atoms. The second-order valence-corrected chi connectivity index (χ2v) is 7.43. The Balaban J connectivity index is 1.48. The van der Waals surface area contributed by atoms with Gasteiger partial charge in [-0.3, -0.25) is 4.90 Å². The van der Waals surface area contributed by atoms with Gasteiger partial charge in [-0.1, -0.05) is 18.2 Å². The molecule has 0 saturated carbocycles. The number of nitrogens with zero attached hydrogens (tertiary/aromatic N) is 4. The highest BCUT2D eigenvalue weighted by molar-refractivity contribution is 5.28. The summed E-state index contributed by atoms with van der Waals surface area (Å²) in [5.41, 5.74) is 1.29. The molecule has 1 aromatic heterocycles. The van der Waals surface area contributed by atoms with E-state index >= 15 is 0 Å². The molecule has 6 heteroatoms. The first kappa shape index (κ1) is 16.7. The number of benzene rings is 1. The van der Waals surface area contributed by atoms with E-state index in [-0.39, 0.29) is 5.92 Å². The van der Waals surface area contributed by atoms with Gasteiger partial charge >= 0.3 is 0 Å². The largest absolute Gasteiger partial charge is 0.390 e. The SMILES string of the molecule is C[C@]1(O)CCOC[C@@H]1[C@H]1CCCN1Cc1cnn(-c2ccccc2)n1. The lowest BCUT2D eigenvalue weighted by Gasteiger charge is -2.43. The van der Waals surface area contributed by atoms with Crippen LogP contribution in [0.5, 0.6) is 0 Å². The Bertz CT molecular complexity index is 700. The Labute approximate surface area is 148 Å². The van der Waals surface area contributed by atoms with E-state index in [2.05, 4.69) is 15.1 Å². The number of rotatable bonds is 4. The molecule has 0 radical (unpaired) electrons. The zero-order chi connectivity index (χ0) is 17.3. The maximum Gasteiger partial charge on any atom is 0.0971 e. The van der Waals surface area contributed by atoms with Crippen LogP contribution in [0.1, 0.15) is 31.9 Å². The zero-order valence-electron chi connectivity index (χ0n) is 14.7. The van der Waals surface area contributed by atoms with Gasteiger partial charge in [0.05, 0.1) is 29.8 Å². The van der Waals surface area contributed by atoms with E-state index in [4.69, 9.17) is 4.74 Å². The monoisotopic (exact) mass is 342 g/mol. The highest BCUT2D eigenvalue weighted by Crippen LogP contribution is 2.36. The van der Waals surface area contributed by atoms with Crippen molar-refractivity contribution in [3.05, 3.63) is 42.2 Å². The van der Waals surface area contributed by atoms with Crippen molar-refractivity contribution in [3.8, 4) is 5.69 Å². The number of para-hydroxylation sites is 1. The van der Waals surface area contributed by atoms with Gasteiger partial charge in [-0.2, -0.15) is 15.0 Å². The first-order valence-electron chi connectivity index (χ1n) is 9.14. The van der Waals surface area contributed by atoms with E-state index in [0.717, 1.165) is 37.3 Å². The lowest BCUT2D eigenvalue weighted by Crippen LogP contribution is -2.52. The lowest BCUT2D eigenvalue weighted by atomic mass is 9.79. The van der Waals surface area contributed by atoms with E-state index in [0.29, 0.717) is 25.7 Å². The van der Waals surface area contributed by atoms with Crippen LogP contribution in [0.15, 0.2) is 36.5 Å². The van der Waals surface area contributed by atoms with Crippen molar-refractivity contribution in [1.29, 1.82) is 0 Å². The quantitative estimate of drug-likeness (QED) is 0.921. The Kier molecular flexibility index (Phi) is 4.58. The van der Waals surface area contributed by atoms with Gasteiger partial charge < -0.3 is 9.84 Å². The summed E-state index contributed by atoms with van der Waals surface area (Å²) in [7, 11) is 0. The van der Waals surface area contributed by atoms with Crippen molar-refractivity contribution in [1.82, 2.24) is 19.9 Å². The average Bonchev–Trinajstić information content (AvgIpc) is 3.25. The molecule has 25 heavy (non-hydrogen) atoms. The molecule has 0 spiro atoms. The number of hydrogen-bond donors (Lipinski definition) is 1. The molecule has 6 nitrogen and oxygen atoms in total. The van der Waals surface area contributed by atoms with Crippen molar-refractivity contribution in [2.75, 3.05) is 19.8 Å². The Morgan fingerprint density at radius 2 is 2.16 bits per heavy atom. The van der Waals surface area contributed by atoms with Gasteiger partial charge in [0, 0.05) is 25.1 Å². The van der Waals surface area contributed by atoms with E-state index in [1.165, 1.54) is 0 Å². The molecule has 134 valence electrons. The predicted octanol–water partition coefficient (Wildman–Crippen LogP) is 2.02. The van der Waals surface area contributed by atoms with Crippen LogP contribution in [0.3, 0.4) is 0 Å². The zero-order valence-corrected chi connectivity index (χ0v) is 14.7. The van der Waals surface area contributed by atoms with Gasteiger partial charge in [0.1, 0.15) is 0 Å². The minimum absolute atomic E-state index is 0.160. The van der Waals surface area contributed by atoms with Crippen molar-refractivity contribution in [2.45, 2.75) is 44.4 Å². The second-order valence-electron chi connectivity index (χ2n) is 7.43. The second kappa shape index (κ2) is 6.86. The number of aliphatic hydroxyl groups is 1. The molecular formula is C19H26N4O2. The van der Waals surface area contributed by atoms with Crippen molar-refractivity contribution >= 4 is 0 Å². The van der Waals surface area contributed by atoms with Gasteiger partial charge in [-0.15, -0.1) is 0 Å². The molecular weight excluding hydrogens is 316 g/mol. The van der Waals surface area contributed by atoms with Gasteiger partial charge in [0.15, 0.2) is 0 Å². The minimum atomic E-state index is -0.646. The fourth-order valence-corrected chi connectivity index (χ4v) is 4.14. The molecule has 0 amide bonds. The first-order chi connectivity index (χ1) is 12.1. The predicted molar refractivity (Wildman–Crippen MR) is 94.3 cm³/mol. The van der Waals surface area contributed by atoms with Crippen LogP contribution in [-0.4, -0.2) is 56.4 Å². The highest BCUT2D eigenvalue weighted by atomic mass is 16.5. The molecule has 0 unspecified atom stereocenters. The van der Waals surface area contributed by atoms with Crippen molar-refractivity contribution in [3.63, 3.8) is 0 Å². The van der Waals surface area contributed by atoms with E-state index in [1.807, 2.05) is 43.5 Å². The molecule has 2 saturated heterocycles. The van der Waals surface area contributed by atoms with Crippen molar-refractivity contribution < 1.29 is 9.84 Å². The normalized spacial score (nSPS) is 30.6. The molecule has 3 atom stereocenters. The average molecular weight is 342 g/mol. The van der Waals surface area contributed by atoms with Gasteiger partial charge in [-0.25, -0.2) is 0 Å². The molecule has 2 aliphatic heterocycles. The third kappa shape index (κ3) is 3.47. The summed E-state index contributed by atoms with van der Waals surface area (Å²) in [5.74, 6) is 0.160. The summed E-state index contributed by atoms with van der Waals surface area (Å²) < 4.78 is 5.67. The van der Waals surface area contributed by atoms with Crippen LogP contribution in [0.2, 0.25) is 0 Å². The number of hydrogen-bond acceptors (Lipinski definition) is 5. The molecule has 2 aliphatic rings. The summed E-state index contributed by atoms with van der Waals surface area (Å²) in [6, 6.07) is 10.3. The standard InChI is InChI=1S/C19H26N4O2/c1-19(24)9-11-25-14-17(19)18-8-5-10-22(18)13-15-12-20-23(21-15)16-6-3-2-4-7-16/h2-4,6-7,12,17-18,24H,5,8-11,13-14H2,1H3/t17-,18-,19+/m1/s1. The molecule has 1 N–H and O–H groups in total. The van der Waals surface area contributed by atoms with Crippen LogP contribution < -0.4 is 0 Å². The number of ether oxygens (including phenoxy) is 1. The maximum atomic E-state index is 10.8. The Morgan fingerprint density at radius 1 is 1.32 bits per heavy atom. The van der Waals surface area contributed by atoms with Crippen LogP contribution in [0, 0.1) is 5.92 Å². The minimum Gasteiger partial charge on any atom is -0.390 e. The van der Waals surface area contributed by atoms with E-state index in [1.54, 1.807) is 4.80 Å². The summed E-state index contributed by atoms with van der Waals surface area (Å²) in [6.45, 7) is 5.06. The lowest BCUT2D eigenvalue weighted by molar-refractivity contribution is -0.123. The number of aromatic nitrogens is 3. The maximum absolute atomic E-state index is 10.8. The number of likely N-dealkylation sites (tertiary alicyclic amines) is 1. The first-order valence-corrected chi connectivity index (χ1v) is 9.14. The molecule has 0 aliphatic carbocycles. The van der Waals surface area contributed by atoms with Crippen LogP contribution >= 0.6 is 0 Å². The molecule has 2 aromatic rings. The topological polar surface area (TPSA) is 63.4 Å². The van der Waals surface area contributed by atoms with E-state index < -0.39 is 5.60 Å². The Morgan fingerprint density at radius 3 is 2.96 bits per heavy atom. The van der Waals surface area contributed by atoms with Crippen LogP contribution in [-0.2, 0) is 11.3 Å². The van der Waals surface area contributed by atoms with Crippen molar-refractivity contribution in [2.24, 2.45) is 5.92 Å². The van der Waals surface area contributed by atoms with E-state index in [9.17, 15) is 5.11 Å². The van der Waals surface area contributed by atoms with Gasteiger partial charge in [-0.05, 0) is 44.9 Å². The molecule has 2 fully saturated rings. The third-order valence-electron chi connectivity index (χ3n) is 5.62. The smallest absolute Gasteiger partial charge is 0.0971 e. The molecule has 4 rings (SSSR count).